The number of hydrogen-bond acceptors (Lipinski definition) is 21. The quantitative estimate of drug-likeness (QED) is 0.0131. The average Bonchev–Trinajstić information content (AvgIpc) is 1.63. The number of nitrogens with zero attached hydrogens (tertiary/aromatic N) is 4. The molecule has 0 saturated carbocycles. The Balaban J connectivity index is 0.000000203. The van der Waals surface area contributed by atoms with Gasteiger partial charge < -0.3 is 57.5 Å². The number of fused-ring (bicyclic) bond motifs is 4. The number of aromatic nitrogens is 2. The highest BCUT2D eigenvalue weighted by Gasteiger charge is 2.48. The van der Waals surface area contributed by atoms with Crippen LogP contribution in [0.4, 0.5) is 22.7 Å². The van der Waals surface area contributed by atoms with E-state index in [1.807, 2.05) is 66.7 Å². The number of ether oxygens (including phenoxy) is 2. The summed E-state index contributed by atoms with van der Waals surface area (Å²) in [5, 5.41) is 35.1. The second-order valence-corrected chi connectivity index (χ2v) is 27.5. The maximum atomic E-state index is 13.2. The van der Waals surface area contributed by atoms with E-state index in [0.29, 0.717) is 69.7 Å². The second kappa shape index (κ2) is 41.3. The van der Waals surface area contributed by atoms with Crippen LogP contribution in [0.15, 0.2) is 146 Å². The average molecular weight is 1570 g/mol. The zero-order valence-electron chi connectivity index (χ0n) is 63.8. The van der Waals surface area contributed by atoms with Gasteiger partial charge in [-0.3, -0.25) is 92.7 Å². The third kappa shape index (κ3) is 21.9. The molecule has 31 nitrogen and oxygen atoms in total. The van der Waals surface area contributed by atoms with E-state index in [1.54, 1.807) is 50.6 Å². The summed E-state index contributed by atoms with van der Waals surface area (Å²) < 4.78 is 10.7. The maximum Gasteiger partial charge on any atom is 0.341 e. The summed E-state index contributed by atoms with van der Waals surface area (Å²) in [7, 11) is 3.15. The maximum absolute atomic E-state index is 13.2. The number of anilines is 4. The number of unbranched alkanes of at least 4 members (excludes halogenated alkanes) is 12. The molecule has 2 aromatic heterocycles. The molecule has 6 heterocycles. The molecular weight excluding hydrogens is 1480 g/mol. The van der Waals surface area contributed by atoms with Gasteiger partial charge in [0.25, 0.3) is 53.2 Å². The minimum Gasteiger partial charge on any atom is -0.483 e. The van der Waals surface area contributed by atoms with Gasteiger partial charge in [0.2, 0.25) is 23.6 Å². The van der Waals surface area contributed by atoms with Crippen LogP contribution in [0.3, 0.4) is 0 Å². The summed E-state index contributed by atoms with van der Waals surface area (Å²) in [6, 6.07) is 36.3. The number of aliphatic carboxylic acids is 1. The first-order valence-corrected chi connectivity index (χ1v) is 38.3. The van der Waals surface area contributed by atoms with Crippen LogP contribution in [0.25, 0.3) is 21.8 Å². The number of pyridine rings is 2. The second-order valence-electron chi connectivity index (χ2n) is 27.5. The third-order valence-corrected chi connectivity index (χ3v) is 19.5. The molecule has 115 heavy (non-hydrogen) atoms. The van der Waals surface area contributed by atoms with Crippen molar-refractivity contribution in [2.45, 2.75) is 128 Å². The number of carboxylic acids is 1. The molecule has 8 aromatic rings. The molecule has 600 valence electrons. The minimum atomic E-state index is -1.23. The van der Waals surface area contributed by atoms with Crippen LogP contribution in [0, 0.1) is 0 Å². The van der Waals surface area contributed by atoms with Crippen LogP contribution in [-0.2, 0) is 28.8 Å². The number of amides is 13. The molecular formula is C84H92N14O17. The van der Waals surface area contributed by atoms with Crippen LogP contribution in [0.2, 0.25) is 0 Å². The lowest BCUT2D eigenvalue weighted by molar-refractivity contribution is -0.139. The summed E-state index contributed by atoms with van der Waals surface area (Å²) >= 11 is 0. The van der Waals surface area contributed by atoms with E-state index in [9.17, 15) is 67.1 Å². The van der Waals surface area contributed by atoms with Crippen molar-refractivity contribution in [1.29, 1.82) is 0 Å². The fraction of sp³-hybridized carbons (Fsp3) is 0.333. The predicted octanol–water partition coefficient (Wildman–Crippen LogP) is 8.70. The van der Waals surface area contributed by atoms with Crippen LogP contribution < -0.4 is 63.1 Å². The molecule has 0 aliphatic carbocycles. The number of piperidine rings is 2. The Bertz CT molecular complexity index is 4980. The Morgan fingerprint density at radius 1 is 0.461 bits per heavy atom. The summed E-state index contributed by atoms with van der Waals surface area (Å²) in [6.07, 6.45) is 17.7. The molecule has 0 radical (unpaired) electrons. The van der Waals surface area contributed by atoms with E-state index >= 15 is 0 Å². The highest BCUT2D eigenvalue weighted by molar-refractivity contribution is 6.26. The Kier molecular flexibility index (Phi) is 30.2. The molecule has 2 fully saturated rings. The molecule has 4 aliphatic heterocycles. The molecule has 12 rings (SSSR count). The lowest BCUT2D eigenvalue weighted by Crippen LogP contribution is -2.54. The van der Waals surface area contributed by atoms with Gasteiger partial charge in [0.1, 0.15) is 23.6 Å². The normalized spacial score (nSPS) is 14.7. The summed E-state index contributed by atoms with van der Waals surface area (Å²) in [4.78, 5) is 183. The first-order valence-electron chi connectivity index (χ1n) is 38.3. The number of nitrogens with one attached hydrogen (secondary N) is 9. The van der Waals surface area contributed by atoms with E-state index < -0.39 is 71.9 Å². The van der Waals surface area contributed by atoms with Gasteiger partial charge in [0, 0.05) is 92.2 Å². The zero-order valence-corrected chi connectivity index (χ0v) is 63.8. The number of para-hydroxylation sites is 2. The number of carbonyl (C=O) groups excluding carboxylic acids is 13. The van der Waals surface area contributed by atoms with Crippen LogP contribution >= 0.6 is 0 Å². The van der Waals surface area contributed by atoms with Gasteiger partial charge in [-0.05, 0) is 130 Å². The summed E-state index contributed by atoms with van der Waals surface area (Å²) in [5.74, 6) is -7.52. The largest absolute Gasteiger partial charge is 0.483 e. The number of benzene rings is 6. The van der Waals surface area contributed by atoms with E-state index in [2.05, 4.69) is 57.8 Å². The minimum absolute atomic E-state index is 0.00490. The number of nitrogens with two attached hydrogens (primary N) is 1. The van der Waals surface area contributed by atoms with Crippen molar-refractivity contribution in [3.8, 4) is 11.5 Å². The van der Waals surface area contributed by atoms with Crippen molar-refractivity contribution < 1.29 is 81.7 Å². The SMILES string of the molecule is CNC(=O)c1cnc2ccc(C(=O)NCCCCCCCCCN)cc2c1Nc1ccccc1.CNC(=O)c1cnc2ccc(C(=O)NCCCCCCCCCNC(=O)COc3cccc4c3C(=O)N(C3CCC(=O)NC3=O)C4=O)cc2c1Nc1ccccc1.O=C(O)COc1cccc2c1C(=O)N(C1CCC(=O)NC1=O)C2=O. The van der Waals surface area contributed by atoms with Crippen molar-refractivity contribution >= 4 is 127 Å². The predicted molar refractivity (Wildman–Crippen MR) is 426 cm³/mol. The van der Waals surface area contributed by atoms with Crippen molar-refractivity contribution in [3.63, 3.8) is 0 Å². The zero-order chi connectivity index (χ0) is 81.9. The molecule has 12 N–H and O–H groups in total. The van der Waals surface area contributed by atoms with Gasteiger partial charge in [-0.1, -0.05) is 113 Å². The van der Waals surface area contributed by atoms with E-state index in [1.165, 1.54) is 68.3 Å². The van der Waals surface area contributed by atoms with Crippen molar-refractivity contribution in [2.75, 3.05) is 64.1 Å². The van der Waals surface area contributed by atoms with E-state index in [4.69, 9.17) is 20.3 Å². The van der Waals surface area contributed by atoms with Gasteiger partial charge in [0.15, 0.2) is 13.2 Å². The number of rotatable bonds is 35. The monoisotopic (exact) mass is 1570 g/mol. The lowest BCUT2D eigenvalue weighted by atomic mass is 10.0. The molecule has 2 saturated heterocycles. The Hall–Kier alpha value is -13.3. The Morgan fingerprint density at radius 2 is 0.852 bits per heavy atom. The number of hydrogen-bond donors (Lipinski definition) is 11. The highest BCUT2D eigenvalue weighted by atomic mass is 16.5. The van der Waals surface area contributed by atoms with Gasteiger partial charge in [-0.2, -0.15) is 0 Å². The number of carboxylic acid groups (broad SMARTS) is 1. The number of imide groups is 4. The molecule has 0 bridgehead atoms. The molecule has 4 aliphatic rings. The first-order chi connectivity index (χ1) is 55.7. The number of carbonyl (C=O) groups is 14. The Labute approximate surface area is 662 Å². The van der Waals surface area contributed by atoms with Crippen molar-refractivity contribution in [3.05, 3.63) is 190 Å². The van der Waals surface area contributed by atoms with E-state index in [0.717, 1.165) is 97.3 Å². The molecule has 6 aromatic carbocycles. The smallest absolute Gasteiger partial charge is 0.341 e. The standard InChI is InChI=1S/C42H45N7O8.C27H35N5O2.C15H12N2O7/c1-43-39(53)30-24-46-31-18-17-26(23-29(31)37(30)47-27-13-8-7-9-14-27)38(52)45-22-11-6-4-2-3-5-10-21-44-35(51)25-57-33-16-12-15-28-36(33)42(56)49(41(28)55)32-19-20-34(50)48-40(32)54;1-29-27(34)23-19-31-24-15-14-20(18-22(24)25(23)32-21-12-8-7-9-13-21)26(33)30-17-11-6-4-2-3-5-10-16-28;18-10-5-4-8(13(21)16-10)17-14(22)7-2-1-3-9(12(7)15(17)23)24-6-11(19)20/h7-9,12-18,23-24,32H,2-6,10-11,19-22,25H2,1H3,(H,43,53)(H,44,51)(H,45,52)(H,46,47)(H,48,50,54);7-9,12-15,18-19H,2-6,10-11,16-17,28H2,1H3,(H,29,34)(H,30,33)(H,31,32);1-3,8H,4-6H2,(H,19,20)(H,16,18,21). The summed E-state index contributed by atoms with van der Waals surface area (Å²) in [5.41, 5.74) is 11.6. The van der Waals surface area contributed by atoms with Crippen LogP contribution in [0.5, 0.6) is 11.5 Å². The fourth-order valence-electron chi connectivity index (χ4n) is 13.5. The van der Waals surface area contributed by atoms with Crippen LogP contribution in [0.1, 0.15) is 198 Å². The lowest BCUT2D eigenvalue weighted by Gasteiger charge is -2.27. The molecule has 2 unspecified atom stereocenters. The van der Waals surface area contributed by atoms with Crippen molar-refractivity contribution in [2.24, 2.45) is 5.73 Å². The molecule has 0 spiro atoms. The topological polar surface area (TPSA) is 444 Å². The first kappa shape index (κ1) is 84.1. The molecule has 31 heteroatoms. The van der Waals surface area contributed by atoms with Crippen LogP contribution in [-0.4, -0.2) is 173 Å². The van der Waals surface area contributed by atoms with Gasteiger partial charge in [-0.15, -0.1) is 0 Å². The third-order valence-electron chi connectivity index (χ3n) is 19.5. The van der Waals surface area contributed by atoms with Gasteiger partial charge >= 0.3 is 5.97 Å². The Morgan fingerprint density at radius 3 is 1.24 bits per heavy atom. The summed E-state index contributed by atoms with van der Waals surface area (Å²) in [6.45, 7) is 1.39. The van der Waals surface area contributed by atoms with Crippen molar-refractivity contribution in [1.82, 2.24) is 57.0 Å². The molecule has 13 amide bonds. The molecule has 2 atom stereocenters. The van der Waals surface area contributed by atoms with Gasteiger partial charge in [0.05, 0.1) is 55.8 Å². The highest BCUT2D eigenvalue weighted by Crippen LogP contribution is 2.37. The fourth-order valence-corrected chi connectivity index (χ4v) is 13.5. The van der Waals surface area contributed by atoms with Gasteiger partial charge in [-0.25, -0.2) is 4.79 Å². The van der Waals surface area contributed by atoms with E-state index in [-0.39, 0.29) is 95.6 Å².